The van der Waals surface area contributed by atoms with Crippen molar-refractivity contribution in [2.24, 2.45) is 0 Å². The Balaban J connectivity index is 2.14. The van der Waals surface area contributed by atoms with Crippen LogP contribution in [0.2, 0.25) is 0 Å². The Hall–Kier alpha value is -2.02. The summed E-state index contributed by atoms with van der Waals surface area (Å²) in [4.78, 5) is 24.2. The molecule has 0 unspecified atom stereocenters. The van der Waals surface area contributed by atoms with Crippen LogP contribution in [-0.4, -0.2) is 47.7 Å². The number of amides is 1. The standard InChI is InChI=1S/C13H13F2NO4/c14-9-1-2-10(15)8(5-9)6-12(17)16-3-4-20-7-11(16)13(18)19/h1-2,5,11H,3-4,6-7H2,(H,18,19)/t11-/m1/s1. The fourth-order valence-electron chi connectivity index (χ4n) is 2.05. The molecule has 1 aliphatic heterocycles. The topological polar surface area (TPSA) is 66.8 Å². The molecule has 5 nitrogen and oxygen atoms in total. The molecule has 1 aromatic carbocycles. The summed E-state index contributed by atoms with van der Waals surface area (Å²) in [6, 6.07) is 1.74. The number of rotatable bonds is 3. The SMILES string of the molecule is O=C(O)[C@H]1COCCN1C(=O)Cc1cc(F)ccc1F. The highest BCUT2D eigenvalue weighted by atomic mass is 19.1. The summed E-state index contributed by atoms with van der Waals surface area (Å²) in [5, 5.41) is 9.01. The van der Waals surface area contributed by atoms with Gasteiger partial charge in [-0.15, -0.1) is 0 Å². The number of aliphatic carboxylic acids is 1. The molecule has 0 bridgehead atoms. The first-order chi connectivity index (χ1) is 9.49. The van der Waals surface area contributed by atoms with Crippen molar-refractivity contribution in [1.82, 2.24) is 4.90 Å². The van der Waals surface area contributed by atoms with Crippen molar-refractivity contribution in [1.29, 1.82) is 0 Å². The van der Waals surface area contributed by atoms with Crippen molar-refractivity contribution in [3.05, 3.63) is 35.4 Å². The summed E-state index contributed by atoms with van der Waals surface area (Å²) in [7, 11) is 0. The van der Waals surface area contributed by atoms with Gasteiger partial charge in [-0.05, 0) is 18.2 Å². The van der Waals surface area contributed by atoms with Gasteiger partial charge in [-0.25, -0.2) is 13.6 Å². The molecule has 1 heterocycles. The number of carbonyl (C=O) groups excluding carboxylic acids is 1. The summed E-state index contributed by atoms with van der Waals surface area (Å²) in [5.74, 6) is -3.09. The molecule has 1 N–H and O–H groups in total. The molecule has 1 amide bonds. The molecule has 0 aliphatic carbocycles. The minimum Gasteiger partial charge on any atom is -0.480 e. The summed E-state index contributed by atoms with van der Waals surface area (Å²) in [5.41, 5.74) is -0.0920. The molecule has 7 heteroatoms. The van der Waals surface area contributed by atoms with Gasteiger partial charge >= 0.3 is 5.97 Å². The third kappa shape index (κ3) is 3.11. The summed E-state index contributed by atoms with van der Waals surface area (Å²) in [6.45, 7) is 0.237. The van der Waals surface area contributed by atoms with Crippen molar-refractivity contribution in [3.63, 3.8) is 0 Å². The van der Waals surface area contributed by atoms with Crippen LogP contribution in [0.25, 0.3) is 0 Å². The number of carboxylic acid groups (broad SMARTS) is 1. The van der Waals surface area contributed by atoms with Gasteiger partial charge < -0.3 is 14.7 Å². The first-order valence-corrected chi connectivity index (χ1v) is 6.03. The Morgan fingerprint density at radius 1 is 1.40 bits per heavy atom. The molecule has 0 radical (unpaired) electrons. The molecule has 1 fully saturated rings. The normalized spacial score (nSPS) is 18.9. The average Bonchev–Trinajstić information content (AvgIpc) is 2.42. The maximum absolute atomic E-state index is 13.5. The van der Waals surface area contributed by atoms with Crippen LogP contribution in [-0.2, 0) is 20.7 Å². The van der Waals surface area contributed by atoms with E-state index in [2.05, 4.69) is 0 Å². The fourth-order valence-corrected chi connectivity index (χ4v) is 2.05. The Morgan fingerprint density at radius 2 is 2.15 bits per heavy atom. The second-order valence-corrected chi connectivity index (χ2v) is 4.43. The second kappa shape index (κ2) is 5.96. The number of hydrogen-bond acceptors (Lipinski definition) is 3. The molecule has 1 saturated heterocycles. The third-order valence-corrected chi connectivity index (χ3v) is 3.08. The van der Waals surface area contributed by atoms with Gasteiger partial charge in [0.2, 0.25) is 5.91 Å². The zero-order chi connectivity index (χ0) is 14.7. The lowest BCUT2D eigenvalue weighted by Gasteiger charge is -2.32. The van der Waals surface area contributed by atoms with E-state index < -0.39 is 29.6 Å². The Morgan fingerprint density at radius 3 is 2.85 bits per heavy atom. The van der Waals surface area contributed by atoms with Crippen LogP contribution in [0.3, 0.4) is 0 Å². The van der Waals surface area contributed by atoms with Gasteiger partial charge in [0.25, 0.3) is 0 Å². The van der Waals surface area contributed by atoms with E-state index in [0.717, 1.165) is 23.1 Å². The molecular weight excluding hydrogens is 272 g/mol. The van der Waals surface area contributed by atoms with Gasteiger partial charge in [-0.3, -0.25) is 4.79 Å². The number of carbonyl (C=O) groups is 2. The summed E-state index contributed by atoms with van der Waals surface area (Å²) in [6.07, 6.45) is -0.382. The van der Waals surface area contributed by atoms with Crippen molar-refractivity contribution < 1.29 is 28.2 Å². The Kier molecular flexibility index (Phi) is 4.29. The van der Waals surface area contributed by atoms with E-state index in [9.17, 15) is 18.4 Å². The Bertz CT molecular complexity index is 535. The maximum atomic E-state index is 13.5. The number of carboxylic acids is 1. The highest BCUT2D eigenvalue weighted by Gasteiger charge is 2.32. The lowest BCUT2D eigenvalue weighted by molar-refractivity contribution is -0.158. The molecule has 0 aromatic heterocycles. The van der Waals surface area contributed by atoms with Crippen molar-refractivity contribution in [3.8, 4) is 0 Å². The van der Waals surface area contributed by atoms with Gasteiger partial charge in [-0.2, -0.15) is 0 Å². The lowest BCUT2D eigenvalue weighted by Crippen LogP contribution is -2.53. The molecule has 108 valence electrons. The number of hydrogen-bond donors (Lipinski definition) is 1. The number of halogens is 2. The van der Waals surface area contributed by atoms with Crippen LogP contribution in [0, 0.1) is 11.6 Å². The molecule has 2 rings (SSSR count). The van der Waals surface area contributed by atoms with E-state index in [4.69, 9.17) is 9.84 Å². The van der Waals surface area contributed by atoms with Gasteiger partial charge in [0.05, 0.1) is 19.6 Å². The lowest BCUT2D eigenvalue weighted by atomic mass is 10.1. The highest BCUT2D eigenvalue weighted by Crippen LogP contribution is 2.14. The van der Waals surface area contributed by atoms with E-state index in [1.807, 2.05) is 0 Å². The fraction of sp³-hybridized carbons (Fsp3) is 0.385. The maximum Gasteiger partial charge on any atom is 0.328 e. The summed E-state index contributed by atoms with van der Waals surface area (Å²) < 4.78 is 31.5. The van der Waals surface area contributed by atoms with E-state index in [0.29, 0.717) is 0 Å². The average molecular weight is 285 g/mol. The zero-order valence-corrected chi connectivity index (χ0v) is 10.5. The number of nitrogens with zero attached hydrogens (tertiary/aromatic N) is 1. The predicted molar refractivity (Wildman–Crippen MR) is 64.0 cm³/mol. The third-order valence-electron chi connectivity index (χ3n) is 3.08. The largest absolute Gasteiger partial charge is 0.480 e. The van der Waals surface area contributed by atoms with Gasteiger partial charge in [0, 0.05) is 12.1 Å². The summed E-state index contributed by atoms with van der Waals surface area (Å²) >= 11 is 0. The quantitative estimate of drug-likeness (QED) is 0.893. The smallest absolute Gasteiger partial charge is 0.328 e. The first-order valence-electron chi connectivity index (χ1n) is 6.03. The van der Waals surface area contributed by atoms with Crippen molar-refractivity contribution in [2.75, 3.05) is 19.8 Å². The van der Waals surface area contributed by atoms with Crippen LogP contribution in [0.5, 0.6) is 0 Å². The monoisotopic (exact) mass is 285 g/mol. The van der Waals surface area contributed by atoms with Gasteiger partial charge in [0.15, 0.2) is 6.04 Å². The minimum atomic E-state index is -1.18. The minimum absolute atomic E-state index is 0.0920. The van der Waals surface area contributed by atoms with Crippen LogP contribution >= 0.6 is 0 Å². The molecule has 0 spiro atoms. The van der Waals surface area contributed by atoms with E-state index in [1.54, 1.807) is 0 Å². The molecule has 20 heavy (non-hydrogen) atoms. The van der Waals surface area contributed by atoms with Crippen LogP contribution in [0.1, 0.15) is 5.56 Å². The molecule has 1 aromatic rings. The molecule has 1 aliphatic rings. The van der Waals surface area contributed by atoms with Crippen LogP contribution in [0.4, 0.5) is 8.78 Å². The van der Waals surface area contributed by atoms with Crippen molar-refractivity contribution in [2.45, 2.75) is 12.5 Å². The number of ether oxygens (including phenoxy) is 1. The predicted octanol–water partition coefficient (Wildman–Crippen LogP) is 0.819. The second-order valence-electron chi connectivity index (χ2n) is 4.43. The zero-order valence-electron chi connectivity index (χ0n) is 10.5. The van der Waals surface area contributed by atoms with Crippen molar-refractivity contribution >= 4 is 11.9 Å². The Labute approximate surface area is 113 Å². The number of benzene rings is 1. The van der Waals surface area contributed by atoms with E-state index >= 15 is 0 Å². The number of morpholine rings is 1. The van der Waals surface area contributed by atoms with E-state index in [1.165, 1.54) is 0 Å². The van der Waals surface area contributed by atoms with E-state index in [-0.39, 0.29) is 31.7 Å². The van der Waals surface area contributed by atoms with Gasteiger partial charge in [-0.1, -0.05) is 0 Å². The van der Waals surface area contributed by atoms with Crippen LogP contribution in [0.15, 0.2) is 18.2 Å². The highest BCUT2D eigenvalue weighted by molar-refractivity contribution is 5.85. The van der Waals surface area contributed by atoms with Gasteiger partial charge in [0.1, 0.15) is 11.6 Å². The van der Waals surface area contributed by atoms with Crippen LogP contribution < -0.4 is 0 Å². The molecule has 0 saturated carbocycles. The first kappa shape index (κ1) is 14.4. The molecular formula is C13H13F2NO4. The molecule has 1 atom stereocenters.